The van der Waals surface area contributed by atoms with Crippen LogP contribution >= 0.6 is 11.3 Å². The van der Waals surface area contributed by atoms with Gasteiger partial charge in [0.05, 0.1) is 28.9 Å². The number of rotatable bonds is 3. The van der Waals surface area contributed by atoms with Crippen molar-refractivity contribution in [2.45, 2.75) is 18.9 Å². The lowest BCUT2D eigenvalue weighted by Crippen LogP contribution is -2.39. The normalized spacial score (nSPS) is 21.7. The highest BCUT2D eigenvalue weighted by Gasteiger charge is 2.28. The average Bonchev–Trinajstić information content (AvgIpc) is 3.04. The summed E-state index contributed by atoms with van der Waals surface area (Å²) >= 11 is 1.42. The van der Waals surface area contributed by atoms with Gasteiger partial charge in [0.2, 0.25) is 5.82 Å². The third kappa shape index (κ3) is 3.24. The average molecular weight is 365 g/mol. The summed E-state index contributed by atoms with van der Waals surface area (Å²) in [6, 6.07) is 1.56. The van der Waals surface area contributed by atoms with Gasteiger partial charge in [0.1, 0.15) is 0 Å². The van der Waals surface area contributed by atoms with E-state index in [4.69, 9.17) is 4.74 Å². The van der Waals surface area contributed by atoms with Crippen molar-refractivity contribution in [1.82, 2.24) is 9.97 Å². The predicted octanol–water partition coefficient (Wildman–Crippen LogP) is 1.40. The Morgan fingerprint density at radius 2 is 2.08 bits per heavy atom. The fourth-order valence-electron chi connectivity index (χ4n) is 3.24. The van der Waals surface area contributed by atoms with Crippen molar-refractivity contribution in [3.63, 3.8) is 0 Å². The molecule has 1 N–H and O–H groups in total. The number of morpholine rings is 1. The number of hydrogen-bond donors (Lipinski definition) is 1. The monoisotopic (exact) mass is 365 g/mol. The molecule has 0 aliphatic carbocycles. The van der Waals surface area contributed by atoms with E-state index in [1.165, 1.54) is 11.3 Å². The van der Waals surface area contributed by atoms with Crippen LogP contribution in [-0.4, -0.2) is 65.5 Å². The second-order valence-electron chi connectivity index (χ2n) is 6.25. The zero-order valence-corrected chi connectivity index (χ0v) is 14.4. The number of aliphatic hydroxyl groups is 1. The molecular formula is C15H19N5O4S. The Labute approximate surface area is 148 Å². The summed E-state index contributed by atoms with van der Waals surface area (Å²) in [5, 5.41) is 22.2. The Bertz CT molecular complexity index is 792. The molecule has 0 saturated carbocycles. The van der Waals surface area contributed by atoms with E-state index in [9.17, 15) is 15.2 Å². The number of thiazole rings is 1. The Morgan fingerprint density at radius 3 is 2.80 bits per heavy atom. The SMILES string of the molecule is O=[N+]([O-])c1cc2sc(N3CCOCC3)nc2nc1N1CCC[C@@H](O)C1. The molecule has 0 radical (unpaired) electrons. The molecule has 0 unspecified atom stereocenters. The van der Waals surface area contributed by atoms with E-state index in [2.05, 4.69) is 14.9 Å². The lowest BCUT2D eigenvalue weighted by molar-refractivity contribution is -0.384. The summed E-state index contributed by atoms with van der Waals surface area (Å²) in [6.07, 6.45) is 1.02. The van der Waals surface area contributed by atoms with Gasteiger partial charge >= 0.3 is 5.69 Å². The number of piperidine rings is 1. The van der Waals surface area contributed by atoms with Crippen molar-refractivity contribution in [2.75, 3.05) is 49.2 Å². The molecule has 2 fully saturated rings. The minimum Gasteiger partial charge on any atom is -0.391 e. The second-order valence-corrected chi connectivity index (χ2v) is 7.26. The minimum atomic E-state index is -0.481. The van der Waals surface area contributed by atoms with Gasteiger partial charge < -0.3 is 19.6 Å². The molecule has 2 aromatic rings. The number of aliphatic hydroxyl groups excluding tert-OH is 1. The molecule has 0 amide bonds. The second kappa shape index (κ2) is 6.70. The number of anilines is 2. The highest BCUT2D eigenvalue weighted by atomic mass is 32.1. The summed E-state index contributed by atoms with van der Waals surface area (Å²) in [7, 11) is 0. The number of aromatic nitrogens is 2. The first kappa shape index (κ1) is 16.4. The van der Waals surface area contributed by atoms with Crippen LogP contribution in [-0.2, 0) is 4.74 Å². The molecule has 2 aliphatic rings. The van der Waals surface area contributed by atoms with Gasteiger partial charge in [0, 0.05) is 32.2 Å². The number of β-amino-alcohol motifs (C(OH)–C–C–N with tert-alkyl or cyclic N) is 1. The van der Waals surface area contributed by atoms with Crippen LogP contribution in [0.3, 0.4) is 0 Å². The molecule has 25 heavy (non-hydrogen) atoms. The molecule has 2 aromatic heterocycles. The van der Waals surface area contributed by atoms with Gasteiger partial charge in [0.25, 0.3) is 0 Å². The van der Waals surface area contributed by atoms with Gasteiger partial charge in [-0.1, -0.05) is 11.3 Å². The number of hydrogen-bond acceptors (Lipinski definition) is 9. The smallest absolute Gasteiger partial charge is 0.313 e. The lowest BCUT2D eigenvalue weighted by atomic mass is 10.1. The van der Waals surface area contributed by atoms with E-state index < -0.39 is 11.0 Å². The van der Waals surface area contributed by atoms with Crippen LogP contribution < -0.4 is 9.80 Å². The maximum atomic E-state index is 11.5. The van der Waals surface area contributed by atoms with Gasteiger partial charge in [-0.15, -0.1) is 0 Å². The van der Waals surface area contributed by atoms with E-state index >= 15 is 0 Å². The van der Waals surface area contributed by atoms with Gasteiger partial charge in [-0.05, 0) is 12.8 Å². The molecule has 4 heterocycles. The molecule has 0 spiro atoms. The minimum absolute atomic E-state index is 0.0289. The summed E-state index contributed by atoms with van der Waals surface area (Å²) in [4.78, 5) is 24.1. The van der Waals surface area contributed by atoms with Crippen LogP contribution in [0, 0.1) is 10.1 Å². The summed E-state index contributed by atoms with van der Waals surface area (Å²) in [5.74, 6) is 0.301. The third-order valence-corrected chi connectivity index (χ3v) is 5.56. The van der Waals surface area contributed by atoms with Crippen molar-refractivity contribution >= 4 is 38.3 Å². The van der Waals surface area contributed by atoms with Gasteiger partial charge in [-0.2, -0.15) is 4.98 Å². The van der Waals surface area contributed by atoms with Gasteiger partial charge in [0.15, 0.2) is 10.8 Å². The van der Waals surface area contributed by atoms with Crippen molar-refractivity contribution in [3.8, 4) is 0 Å². The standard InChI is InChI=1S/C15H19N5O4S/c21-10-2-1-3-19(9-10)14-11(20(22)23)8-12-13(16-14)17-15(25-12)18-4-6-24-7-5-18/h8,10,21H,1-7,9H2/t10-/m1/s1. The molecule has 9 nitrogen and oxygen atoms in total. The number of nitro groups is 1. The van der Waals surface area contributed by atoms with E-state index in [0.29, 0.717) is 48.9 Å². The van der Waals surface area contributed by atoms with Crippen molar-refractivity contribution < 1.29 is 14.8 Å². The Hall–Kier alpha value is -2.04. The number of nitrogens with zero attached hydrogens (tertiary/aromatic N) is 5. The summed E-state index contributed by atoms with van der Waals surface area (Å²) in [5.41, 5.74) is 0.492. The van der Waals surface area contributed by atoms with Gasteiger partial charge in [-0.25, -0.2) is 4.98 Å². The van der Waals surface area contributed by atoms with Gasteiger partial charge in [-0.3, -0.25) is 10.1 Å². The van der Waals surface area contributed by atoms with Crippen LogP contribution in [0.1, 0.15) is 12.8 Å². The van der Waals surface area contributed by atoms with E-state index in [-0.39, 0.29) is 5.69 Å². The van der Waals surface area contributed by atoms with Crippen molar-refractivity contribution in [2.24, 2.45) is 0 Å². The zero-order valence-electron chi connectivity index (χ0n) is 13.6. The Kier molecular flexibility index (Phi) is 4.40. The largest absolute Gasteiger partial charge is 0.391 e. The molecule has 2 aliphatic heterocycles. The maximum Gasteiger partial charge on any atom is 0.313 e. The van der Waals surface area contributed by atoms with E-state index in [1.807, 2.05) is 0 Å². The van der Waals surface area contributed by atoms with Crippen molar-refractivity contribution in [1.29, 1.82) is 0 Å². The Morgan fingerprint density at radius 1 is 1.28 bits per heavy atom. The first-order valence-electron chi connectivity index (χ1n) is 8.33. The summed E-state index contributed by atoms with van der Waals surface area (Å²) < 4.78 is 6.06. The predicted molar refractivity (Wildman–Crippen MR) is 94.6 cm³/mol. The molecule has 4 rings (SSSR count). The van der Waals surface area contributed by atoms with E-state index in [1.54, 1.807) is 11.0 Å². The molecule has 1 atom stereocenters. The van der Waals surface area contributed by atoms with Crippen LogP contribution in [0.25, 0.3) is 10.3 Å². The molecule has 0 aromatic carbocycles. The maximum absolute atomic E-state index is 11.5. The van der Waals surface area contributed by atoms with E-state index in [0.717, 1.165) is 24.6 Å². The topological polar surface area (TPSA) is 105 Å². The molecule has 2 saturated heterocycles. The third-order valence-electron chi connectivity index (χ3n) is 4.51. The fraction of sp³-hybridized carbons (Fsp3) is 0.600. The number of ether oxygens (including phenoxy) is 1. The fourth-order valence-corrected chi connectivity index (χ4v) is 4.23. The number of fused-ring (bicyclic) bond motifs is 1. The van der Waals surface area contributed by atoms with Crippen LogP contribution in [0.5, 0.6) is 0 Å². The lowest BCUT2D eigenvalue weighted by Gasteiger charge is -2.30. The molecule has 10 heteroatoms. The van der Waals surface area contributed by atoms with Crippen LogP contribution in [0.4, 0.5) is 16.6 Å². The summed E-state index contributed by atoms with van der Waals surface area (Å²) in [6.45, 7) is 3.83. The van der Waals surface area contributed by atoms with Crippen LogP contribution in [0.2, 0.25) is 0 Å². The molecular weight excluding hydrogens is 346 g/mol. The number of pyridine rings is 1. The Balaban J connectivity index is 1.73. The highest BCUT2D eigenvalue weighted by molar-refractivity contribution is 7.22. The molecule has 134 valence electrons. The quantitative estimate of drug-likeness (QED) is 0.643. The first-order valence-corrected chi connectivity index (χ1v) is 9.15. The van der Waals surface area contributed by atoms with Crippen LogP contribution in [0.15, 0.2) is 6.07 Å². The zero-order chi connectivity index (χ0) is 17.4. The first-order chi connectivity index (χ1) is 12.1. The molecule has 0 bridgehead atoms. The highest BCUT2D eigenvalue weighted by Crippen LogP contribution is 2.36. The van der Waals surface area contributed by atoms with Crippen molar-refractivity contribution in [3.05, 3.63) is 16.2 Å².